The number of rotatable bonds is 6. The molecular weight excluding hydrogens is 1340 g/mol. The predicted molar refractivity (Wildman–Crippen MR) is 292 cm³/mol. The van der Waals surface area contributed by atoms with Crippen molar-refractivity contribution in [2.75, 3.05) is 14.2 Å². The molecule has 15 heteroatoms. The van der Waals surface area contributed by atoms with Gasteiger partial charge in [0.25, 0.3) is 0 Å². The molecule has 0 fully saturated rings. The minimum Gasteiger partial charge on any atom is -0.741 e. The fraction of sp³-hybridized carbons (Fsp3) is 0.0820. The summed E-state index contributed by atoms with van der Waals surface area (Å²) in [5.41, 5.74) is 9.42. The molecule has 0 spiro atoms. The van der Waals surface area contributed by atoms with Crippen LogP contribution in [-0.2, 0) is 50.3 Å². The molecule has 0 amide bonds. The number of hydrogen-bond donors (Lipinski definition) is 2. The first kappa shape index (κ1) is 65.0. The summed E-state index contributed by atoms with van der Waals surface area (Å²) in [6, 6.07) is 84.2. The molecule has 0 saturated carbocycles. The van der Waals surface area contributed by atoms with Crippen LogP contribution >= 0.6 is 0 Å². The summed E-state index contributed by atoms with van der Waals surface area (Å²) in [4.78, 5) is 17.8. The van der Waals surface area contributed by atoms with Crippen LogP contribution in [0.25, 0.3) is 67.3 Å². The van der Waals surface area contributed by atoms with Gasteiger partial charge in [-0.05, 0) is 60.3 Å². The van der Waals surface area contributed by atoms with E-state index in [0.29, 0.717) is 0 Å². The fourth-order valence-electron chi connectivity index (χ4n) is 6.59. The third kappa shape index (κ3) is 21.6. The zero-order valence-electron chi connectivity index (χ0n) is 41.6. The second-order valence-corrected chi connectivity index (χ2v) is 16.3. The van der Waals surface area contributed by atoms with Gasteiger partial charge in [-0.3, -0.25) is 4.98 Å². The van der Waals surface area contributed by atoms with Gasteiger partial charge in [-0.1, -0.05) is 133 Å². The number of benzene rings is 6. The molecule has 10 rings (SSSR count). The number of aliphatic hydroxyl groups excluding tert-OH is 2. The van der Waals surface area contributed by atoms with Crippen LogP contribution < -0.4 is 0 Å². The smallest absolute Gasteiger partial charge is 0.485 e. The molecule has 0 unspecified atom stereocenters. The Kier molecular flexibility index (Phi) is 30.1. The van der Waals surface area contributed by atoms with E-state index in [9.17, 15) is 13.2 Å². The van der Waals surface area contributed by atoms with Gasteiger partial charge in [-0.15, -0.1) is 108 Å². The van der Waals surface area contributed by atoms with Crippen molar-refractivity contribution in [2.45, 2.75) is 19.4 Å². The molecule has 0 aliphatic rings. The molecule has 4 heterocycles. The molecule has 0 aliphatic carbocycles. The van der Waals surface area contributed by atoms with Gasteiger partial charge >= 0.3 is 5.51 Å². The normalized spacial score (nSPS) is 9.87. The monoisotopic (exact) mass is 1400 g/mol. The van der Waals surface area contributed by atoms with Crippen molar-refractivity contribution in [3.05, 3.63) is 266 Å². The number of pyridine rings is 4. The summed E-state index contributed by atoms with van der Waals surface area (Å²) < 4.78 is 58.9. The Balaban J connectivity index is 0.000000949. The molecule has 400 valence electrons. The van der Waals surface area contributed by atoms with Crippen molar-refractivity contribution < 1.29 is 79.4 Å². The van der Waals surface area contributed by atoms with Gasteiger partial charge in [0.1, 0.15) is 0 Å². The molecule has 0 atom stereocenters. The first-order chi connectivity index (χ1) is 35.9. The molecule has 6 aromatic carbocycles. The molecule has 0 aliphatic heterocycles. The van der Waals surface area contributed by atoms with E-state index in [1.807, 2.05) is 170 Å². The van der Waals surface area contributed by atoms with Crippen molar-refractivity contribution >= 4 is 10.1 Å². The molecule has 10 aromatic rings. The predicted octanol–water partition coefficient (Wildman–Crippen LogP) is 14.1. The molecule has 0 bridgehead atoms. The number of nitrogens with zero attached hydrogens (tertiary/aromatic N) is 4. The van der Waals surface area contributed by atoms with Crippen LogP contribution in [0.15, 0.2) is 237 Å². The molecule has 0 saturated heterocycles. The van der Waals surface area contributed by atoms with Crippen molar-refractivity contribution in [2.24, 2.45) is 0 Å². The Labute approximate surface area is 473 Å². The molecule has 9 nitrogen and oxygen atoms in total. The van der Waals surface area contributed by atoms with E-state index in [1.165, 1.54) is 22.3 Å². The molecular formula is C61H57F3Ir2N4O5S-4. The molecule has 2 N–H and O–H groups in total. The van der Waals surface area contributed by atoms with Gasteiger partial charge in [-0.2, -0.15) is 13.2 Å². The zero-order valence-corrected chi connectivity index (χ0v) is 47.2. The third-order valence-corrected chi connectivity index (χ3v) is 10.5. The quantitative estimate of drug-likeness (QED) is 0.0942. The van der Waals surface area contributed by atoms with Crippen LogP contribution in [0, 0.1) is 32.0 Å². The van der Waals surface area contributed by atoms with Crippen LogP contribution in [0.3, 0.4) is 0 Å². The number of aliphatic hydroxyl groups is 2. The van der Waals surface area contributed by atoms with Crippen molar-refractivity contribution in [3.63, 3.8) is 0 Å². The number of halogens is 3. The maximum Gasteiger partial charge on any atom is 0.485 e. The van der Waals surface area contributed by atoms with E-state index in [-0.39, 0.29) is 43.1 Å². The third-order valence-electron chi connectivity index (χ3n) is 9.98. The number of hydrogen-bond acceptors (Lipinski definition) is 9. The van der Waals surface area contributed by atoms with Crippen LogP contribution in [-0.4, -0.2) is 62.8 Å². The van der Waals surface area contributed by atoms with Gasteiger partial charge in [0.05, 0.1) is 5.69 Å². The Morgan fingerprint density at radius 3 is 1.01 bits per heavy atom. The number of aryl methyl sites for hydroxylation is 2. The van der Waals surface area contributed by atoms with E-state index in [1.54, 1.807) is 6.20 Å². The van der Waals surface area contributed by atoms with Crippen molar-refractivity contribution in [1.82, 2.24) is 19.9 Å². The SMILES string of the molecule is CO.CO.Cc1nc(-c2[c-]cccc2)ccc1-c1ccccc1.Cc1nc(-c2[c-]cccc2)ccc1-c1ccccc1.O=S(=O)([O-])C(F)(F)F.[HH].[HH].[Ir].[Ir].[c-]1ccccc1-c1ccccn1.c1ccc(-c2ccccn2)cc1. The minimum absolute atomic E-state index is 0. The Bertz CT molecular complexity index is 2960. The van der Waals surface area contributed by atoms with Crippen LogP contribution in [0.4, 0.5) is 13.2 Å². The Hall–Kier alpha value is -7.16. The van der Waals surface area contributed by atoms with Crippen LogP contribution in [0.2, 0.25) is 0 Å². The van der Waals surface area contributed by atoms with Gasteiger partial charge in [0.2, 0.25) is 0 Å². The average Bonchev–Trinajstić information content (AvgIpc) is 3.46. The number of aromatic nitrogens is 4. The first-order valence-corrected chi connectivity index (χ1v) is 24.0. The summed E-state index contributed by atoms with van der Waals surface area (Å²) in [5, 5.41) is 14.0. The summed E-state index contributed by atoms with van der Waals surface area (Å²) in [7, 11) is -4.09. The maximum absolute atomic E-state index is 10.7. The average molecular weight is 1400 g/mol. The summed E-state index contributed by atoms with van der Waals surface area (Å²) >= 11 is 0. The van der Waals surface area contributed by atoms with E-state index >= 15 is 0 Å². The maximum atomic E-state index is 10.7. The van der Waals surface area contributed by atoms with Gasteiger partial charge in [0.15, 0.2) is 10.1 Å². The van der Waals surface area contributed by atoms with E-state index in [4.69, 9.17) is 23.2 Å². The standard InChI is InChI=1S/2C18H14N.C11H9N.C11H8N.CHF3O3S.2CH4O.2Ir.2H2/c2*1-14-17(15-8-4-2-5-9-15)12-13-18(19-14)16-10-6-3-7-11-16;2*1-2-6-10(7-3-1)11-8-4-5-9-12-11;2-1(3,4)8(5,6)7;2*1-2;;;;/h2*2-10,12-13H,1H3;1-9H;1-6,8-9H;(H,5,6,7);2*2H,1H3;;;2*1H/q2*-1;;-1;;;;;;;/p-1. The van der Waals surface area contributed by atoms with Crippen LogP contribution in [0.1, 0.15) is 14.2 Å². The first-order valence-electron chi connectivity index (χ1n) is 22.6. The Morgan fingerprint density at radius 2 is 0.724 bits per heavy atom. The summed E-state index contributed by atoms with van der Waals surface area (Å²) in [6.07, 6.45) is 3.60. The van der Waals surface area contributed by atoms with Gasteiger partial charge < -0.3 is 29.7 Å². The van der Waals surface area contributed by atoms with E-state index in [2.05, 4.69) is 113 Å². The van der Waals surface area contributed by atoms with E-state index < -0.39 is 15.6 Å². The van der Waals surface area contributed by atoms with E-state index in [0.717, 1.165) is 70.6 Å². The topological polar surface area (TPSA) is 149 Å². The Morgan fingerprint density at radius 1 is 0.421 bits per heavy atom. The van der Waals surface area contributed by atoms with Gasteiger partial charge in [-0.25, -0.2) is 8.42 Å². The molecule has 4 aromatic heterocycles. The largest absolute Gasteiger partial charge is 0.741 e. The fourth-order valence-corrected chi connectivity index (χ4v) is 6.59. The molecule has 2 radical (unpaired) electrons. The van der Waals surface area contributed by atoms with Crippen LogP contribution in [0.5, 0.6) is 0 Å². The van der Waals surface area contributed by atoms with Crippen molar-refractivity contribution in [3.8, 4) is 67.3 Å². The summed E-state index contributed by atoms with van der Waals surface area (Å²) in [6.45, 7) is 4.10. The minimum atomic E-state index is -6.09. The van der Waals surface area contributed by atoms with Gasteiger partial charge in [0, 0.05) is 97.8 Å². The second kappa shape index (κ2) is 35.2. The van der Waals surface area contributed by atoms with Crippen molar-refractivity contribution in [1.29, 1.82) is 0 Å². The number of alkyl halides is 3. The summed E-state index contributed by atoms with van der Waals surface area (Å²) in [5.74, 6) is 0. The molecule has 76 heavy (non-hydrogen) atoms. The zero-order chi connectivity index (χ0) is 53.6. The second-order valence-electron chi connectivity index (χ2n) is 14.9.